The molecule has 2 aliphatic rings. The first-order valence-corrected chi connectivity index (χ1v) is 6.68. The highest BCUT2D eigenvalue weighted by Crippen LogP contribution is 2.35. The van der Waals surface area contributed by atoms with E-state index in [0.717, 1.165) is 0 Å². The van der Waals surface area contributed by atoms with Crippen molar-refractivity contribution in [2.45, 2.75) is 26.3 Å². The van der Waals surface area contributed by atoms with Gasteiger partial charge in [0.15, 0.2) is 0 Å². The standard InChI is InChI=1S/C13H23N3O3/c1-12(10(17)15-3)4-5-16(7-12)11(18)13(2)8-19-6-9(13)14/h9H,4-8,14H2,1-3H3,(H,15,17). The third kappa shape index (κ3) is 2.23. The lowest BCUT2D eigenvalue weighted by molar-refractivity contribution is -0.141. The number of carbonyl (C=O) groups excluding carboxylic acids is 2. The Morgan fingerprint density at radius 2 is 2.11 bits per heavy atom. The van der Waals surface area contributed by atoms with Crippen molar-refractivity contribution in [1.29, 1.82) is 0 Å². The minimum absolute atomic E-state index is 0.00475. The molecule has 0 bridgehead atoms. The number of hydrogen-bond donors (Lipinski definition) is 2. The first-order valence-electron chi connectivity index (χ1n) is 6.68. The van der Waals surface area contributed by atoms with E-state index in [4.69, 9.17) is 10.5 Å². The Morgan fingerprint density at radius 3 is 2.63 bits per heavy atom. The van der Waals surface area contributed by atoms with Crippen molar-refractivity contribution >= 4 is 11.8 Å². The SMILES string of the molecule is CNC(=O)C1(C)CCN(C(=O)C2(C)COCC2N)C1. The molecule has 3 unspecified atom stereocenters. The zero-order valence-corrected chi connectivity index (χ0v) is 11.9. The van der Waals surface area contributed by atoms with Crippen molar-refractivity contribution in [2.24, 2.45) is 16.6 Å². The summed E-state index contributed by atoms with van der Waals surface area (Å²) in [5.74, 6) is -0.00921. The highest BCUT2D eigenvalue weighted by atomic mass is 16.5. The summed E-state index contributed by atoms with van der Waals surface area (Å²) in [7, 11) is 1.63. The quantitative estimate of drug-likeness (QED) is 0.696. The molecule has 0 saturated carbocycles. The fraction of sp³-hybridized carbons (Fsp3) is 0.846. The molecule has 3 atom stereocenters. The molecule has 2 saturated heterocycles. The van der Waals surface area contributed by atoms with E-state index in [1.807, 2.05) is 13.8 Å². The molecule has 6 nitrogen and oxygen atoms in total. The Morgan fingerprint density at radius 1 is 1.42 bits per heavy atom. The van der Waals surface area contributed by atoms with Gasteiger partial charge in [-0.3, -0.25) is 9.59 Å². The van der Waals surface area contributed by atoms with Gasteiger partial charge < -0.3 is 20.7 Å². The van der Waals surface area contributed by atoms with Gasteiger partial charge in [0.05, 0.1) is 24.0 Å². The van der Waals surface area contributed by atoms with Crippen LogP contribution in [0.1, 0.15) is 20.3 Å². The van der Waals surface area contributed by atoms with Gasteiger partial charge >= 0.3 is 0 Å². The van der Waals surface area contributed by atoms with Gasteiger partial charge in [-0.2, -0.15) is 0 Å². The van der Waals surface area contributed by atoms with Gasteiger partial charge in [-0.1, -0.05) is 0 Å². The molecule has 2 rings (SSSR count). The van der Waals surface area contributed by atoms with Crippen molar-refractivity contribution < 1.29 is 14.3 Å². The predicted molar refractivity (Wildman–Crippen MR) is 70.3 cm³/mol. The average Bonchev–Trinajstić information content (AvgIpc) is 2.94. The van der Waals surface area contributed by atoms with E-state index in [1.165, 1.54) is 0 Å². The van der Waals surface area contributed by atoms with Crippen LogP contribution in [0.5, 0.6) is 0 Å². The van der Waals surface area contributed by atoms with Crippen LogP contribution >= 0.6 is 0 Å². The number of amides is 2. The molecule has 2 fully saturated rings. The van der Waals surface area contributed by atoms with Crippen molar-refractivity contribution in [1.82, 2.24) is 10.2 Å². The van der Waals surface area contributed by atoms with Gasteiger partial charge in [-0.15, -0.1) is 0 Å². The van der Waals surface area contributed by atoms with Crippen molar-refractivity contribution in [3.8, 4) is 0 Å². The highest BCUT2D eigenvalue weighted by molar-refractivity contribution is 5.87. The first kappa shape index (κ1) is 14.3. The maximum atomic E-state index is 12.6. The van der Waals surface area contributed by atoms with Crippen LogP contribution in [0.25, 0.3) is 0 Å². The van der Waals surface area contributed by atoms with Gasteiger partial charge in [0.25, 0.3) is 0 Å². The number of carbonyl (C=O) groups is 2. The molecule has 19 heavy (non-hydrogen) atoms. The molecule has 2 heterocycles. The van der Waals surface area contributed by atoms with Gasteiger partial charge in [-0.05, 0) is 20.3 Å². The first-order chi connectivity index (χ1) is 8.83. The second-order valence-electron chi connectivity index (χ2n) is 6.16. The van der Waals surface area contributed by atoms with E-state index in [-0.39, 0.29) is 17.9 Å². The van der Waals surface area contributed by atoms with Gasteiger partial charge in [-0.25, -0.2) is 0 Å². The Labute approximate surface area is 113 Å². The number of likely N-dealkylation sites (tertiary alicyclic amines) is 1. The number of ether oxygens (including phenoxy) is 1. The number of hydrogen-bond acceptors (Lipinski definition) is 4. The van der Waals surface area contributed by atoms with Crippen LogP contribution in [0.4, 0.5) is 0 Å². The molecule has 0 radical (unpaired) electrons. The van der Waals surface area contributed by atoms with Gasteiger partial charge in [0, 0.05) is 26.2 Å². The van der Waals surface area contributed by atoms with Crippen LogP contribution in [-0.4, -0.2) is 56.1 Å². The molecule has 0 aromatic rings. The fourth-order valence-corrected chi connectivity index (χ4v) is 2.89. The molecular formula is C13H23N3O3. The molecule has 0 aliphatic carbocycles. The molecule has 3 N–H and O–H groups in total. The maximum absolute atomic E-state index is 12.6. The Bertz CT molecular complexity index is 401. The second-order valence-corrected chi connectivity index (χ2v) is 6.16. The van der Waals surface area contributed by atoms with Crippen LogP contribution < -0.4 is 11.1 Å². The lowest BCUT2D eigenvalue weighted by Gasteiger charge is -2.31. The number of rotatable bonds is 2. The minimum atomic E-state index is -0.659. The molecule has 2 aliphatic heterocycles. The molecule has 2 amide bonds. The van der Waals surface area contributed by atoms with E-state index in [2.05, 4.69) is 5.32 Å². The minimum Gasteiger partial charge on any atom is -0.379 e. The fourth-order valence-electron chi connectivity index (χ4n) is 2.89. The maximum Gasteiger partial charge on any atom is 0.232 e. The van der Waals surface area contributed by atoms with Crippen LogP contribution in [0.15, 0.2) is 0 Å². The Kier molecular flexibility index (Phi) is 3.57. The van der Waals surface area contributed by atoms with Crippen molar-refractivity contribution in [3.63, 3.8) is 0 Å². The zero-order valence-electron chi connectivity index (χ0n) is 11.9. The van der Waals surface area contributed by atoms with Crippen LogP contribution in [0, 0.1) is 10.8 Å². The summed E-state index contributed by atoms with van der Waals surface area (Å²) in [5, 5.41) is 2.67. The third-order valence-electron chi connectivity index (χ3n) is 4.54. The number of nitrogens with two attached hydrogens (primary N) is 1. The average molecular weight is 269 g/mol. The summed E-state index contributed by atoms with van der Waals surface area (Å²) >= 11 is 0. The van der Waals surface area contributed by atoms with Crippen molar-refractivity contribution in [3.05, 3.63) is 0 Å². The largest absolute Gasteiger partial charge is 0.379 e. The normalized spacial score (nSPS) is 38.5. The smallest absolute Gasteiger partial charge is 0.232 e. The number of nitrogens with one attached hydrogen (secondary N) is 1. The molecule has 0 aromatic heterocycles. The van der Waals surface area contributed by atoms with E-state index in [1.54, 1.807) is 11.9 Å². The molecule has 6 heteroatoms. The van der Waals surface area contributed by atoms with Crippen LogP contribution in [0.3, 0.4) is 0 Å². The van der Waals surface area contributed by atoms with E-state index < -0.39 is 10.8 Å². The summed E-state index contributed by atoms with van der Waals surface area (Å²) in [6.07, 6.45) is 0.685. The van der Waals surface area contributed by atoms with E-state index in [9.17, 15) is 9.59 Å². The highest BCUT2D eigenvalue weighted by Gasteiger charge is 2.50. The lowest BCUT2D eigenvalue weighted by Crippen LogP contribution is -2.51. The summed E-state index contributed by atoms with van der Waals surface area (Å²) < 4.78 is 5.32. The molecule has 108 valence electrons. The van der Waals surface area contributed by atoms with Crippen LogP contribution in [-0.2, 0) is 14.3 Å². The topological polar surface area (TPSA) is 84.7 Å². The Hall–Kier alpha value is -1.14. The monoisotopic (exact) mass is 269 g/mol. The third-order valence-corrected chi connectivity index (χ3v) is 4.54. The van der Waals surface area contributed by atoms with Gasteiger partial charge in [0.1, 0.15) is 0 Å². The summed E-state index contributed by atoms with van der Waals surface area (Å²) in [6.45, 7) is 5.58. The number of nitrogens with zero attached hydrogens (tertiary/aromatic N) is 1. The van der Waals surface area contributed by atoms with E-state index >= 15 is 0 Å². The van der Waals surface area contributed by atoms with E-state index in [0.29, 0.717) is 32.7 Å². The molecule has 0 aromatic carbocycles. The lowest BCUT2D eigenvalue weighted by atomic mass is 9.84. The van der Waals surface area contributed by atoms with Crippen LogP contribution in [0.2, 0.25) is 0 Å². The molecular weight excluding hydrogens is 246 g/mol. The summed E-state index contributed by atoms with van der Waals surface area (Å²) in [6, 6.07) is -0.271. The summed E-state index contributed by atoms with van der Waals surface area (Å²) in [5.41, 5.74) is 4.83. The predicted octanol–water partition coefficient (Wildman–Crippen LogP) is -0.665. The molecule has 0 spiro atoms. The van der Waals surface area contributed by atoms with Crippen molar-refractivity contribution in [2.75, 3.05) is 33.4 Å². The Balaban J connectivity index is 2.09. The van der Waals surface area contributed by atoms with Gasteiger partial charge in [0.2, 0.25) is 11.8 Å². The second kappa shape index (κ2) is 4.76. The zero-order chi connectivity index (χ0) is 14.3. The summed E-state index contributed by atoms with van der Waals surface area (Å²) in [4.78, 5) is 26.2.